The van der Waals surface area contributed by atoms with Gasteiger partial charge in [0.1, 0.15) is 0 Å². The first-order valence-electron chi connectivity index (χ1n) is 20.9. The summed E-state index contributed by atoms with van der Waals surface area (Å²) in [5, 5.41) is 0. The number of halogens is 1. The van der Waals surface area contributed by atoms with E-state index in [1.54, 1.807) is 0 Å². The minimum Gasteiger partial charge on any atom is -0.660 e. The molecule has 5 rings (SSSR count). The topological polar surface area (TPSA) is 52.9 Å². The zero-order chi connectivity index (χ0) is 36.7. The van der Waals surface area contributed by atoms with Crippen LogP contribution in [0.3, 0.4) is 0 Å². The molecule has 0 unspecified atom stereocenters. The fourth-order valence-corrected chi connectivity index (χ4v) is 9.90. The molecule has 0 saturated heterocycles. The Balaban J connectivity index is 0.00000605. The maximum Gasteiger partial charge on any atom is 2.00 e. The summed E-state index contributed by atoms with van der Waals surface area (Å²) in [6.07, 6.45) is 22.2. The van der Waals surface area contributed by atoms with Crippen LogP contribution in [0.15, 0.2) is 43.7 Å². The van der Waals surface area contributed by atoms with Crippen molar-refractivity contribution in [2.75, 3.05) is 4.43 Å². The summed E-state index contributed by atoms with van der Waals surface area (Å²) in [5.41, 5.74) is 21.1. The van der Waals surface area contributed by atoms with Crippen molar-refractivity contribution in [2.45, 2.75) is 171 Å². The number of aliphatic imine (C=N–C) groups is 2. The summed E-state index contributed by atoms with van der Waals surface area (Å²) in [6.45, 7) is 20.9. The Kier molecular flexibility index (Phi) is 16.6. The smallest absolute Gasteiger partial charge is 0.660 e. The fourth-order valence-electron chi connectivity index (χ4n) is 9.37. The van der Waals surface area contributed by atoms with Crippen LogP contribution in [0.4, 0.5) is 0 Å². The molecule has 5 heterocycles. The van der Waals surface area contributed by atoms with Crippen molar-refractivity contribution in [3.63, 3.8) is 0 Å². The summed E-state index contributed by atoms with van der Waals surface area (Å²) in [4.78, 5) is 22.7. The Morgan fingerprint density at radius 1 is 0.500 bits per heavy atom. The number of unbranched alkanes of at least 4 members (excludes halogenated alkanes) is 4. The van der Waals surface area contributed by atoms with E-state index in [2.05, 4.69) is 97.1 Å². The van der Waals surface area contributed by atoms with Gasteiger partial charge in [0.15, 0.2) is 0 Å². The number of allylic oxidation sites excluding steroid dienone is 4. The average Bonchev–Trinajstić information content (AvgIpc) is 3.89. The Bertz CT molecular complexity index is 1620. The zero-order valence-corrected chi connectivity index (χ0v) is 37.0. The van der Waals surface area contributed by atoms with Crippen LogP contribution in [-0.4, -0.2) is 15.9 Å². The van der Waals surface area contributed by atoms with Crippen LogP contribution in [0.5, 0.6) is 0 Å². The van der Waals surface area contributed by atoms with Crippen molar-refractivity contribution >= 4 is 46.2 Å². The van der Waals surface area contributed by atoms with E-state index in [0.29, 0.717) is 0 Å². The molecule has 0 saturated carbocycles. The van der Waals surface area contributed by atoms with Crippen LogP contribution < -0.4 is 9.97 Å². The molecule has 2 aromatic heterocycles. The molecule has 0 aromatic carbocycles. The van der Waals surface area contributed by atoms with E-state index in [9.17, 15) is 0 Å². The molecule has 6 heteroatoms. The summed E-state index contributed by atoms with van der Waals surface area (Å²) in [7, 11) is 0. The quantitative estimate of drug-likeness (QED) is 0.0689. The normalized spacial score (nSPS) is 20.5. The predicted molar refractivity (Wildman–Crippen MR) is 230 cm³/mol. The van der Waals surface area contributed by atoms with Gasteiger partial charge in [0.2, 0.25) is 0 Å². The average molecular weight is 860 g/mol. The summed E-state index contributed by atoms with van der Waals surface area (Å²) in [6, 6.07) is 0. The van der Waals surface area contributed by atoms with Gasteiger partial charge in [-0.05, 0) is 103 Å². The molecule has 0 N–H and O–H groups in total. The van der Waals surface area contributed by atoms with Gasteiger partial charge in [-0.15, -0.1) is 11.4 Å². The number of alkyl halides is 1. The standard InChI is InChI=1S/C46H65IN4.Ni/c1-10-19-20-21-24-37-43-33(15-6)29(11-2)39(48-43)27-41-31(13-4)35(17-8)45(50-41)38(25-22-23-26-47)46-36(18-9)32(14-5)42(51-46)28-40-30(12-3)34(16-7)44(37)49-40;/h27-28,37-38H,10-26H2,1-9H3;/q-2;+2/b41-27-,42-28-;. The second kappa shape index (κ2) is 20.1. The second-order valence-electron chi connectivity index (χ2n) is 14.6. The predicted octanol–water partition coefficient (Wildman–Crippen LogP) is 13.0. The molecule has 4 nitrogen and oxygen atoms in total. The maximum absolute atomic E-state index is 5.68. The van der Waals surface area contributed by atoms with E-state index in [4.69, 9.17) is 20.0 Å². The third-order valence-electron chi connectivity index (χ3n) is 11.8. The monoisotopic (exact) mass is 858 g/mol. The molecular formula is C46H65IN4Ni. The van der Waals surface area contributed by atoms with Crippen molar-refractivity contribution in [2.24, 2.45) is 15.9 Å². The molecule has 0 aliphatic carbocycles. The van der Waals surface area contributed by atoms with Crippen LogP contribution >= 0.6 is 22.6 Å². The van der Waals surface area contributed by atoms with Crippen LogP contribution in [0.1, 0.15) is 190 Å². The summed E-state index contributed by atoms with van der Waals surface area (Å²) >= 11 is 2.53. The number of hydrogen-bond acceptors (Lipinski definition) is 2. The van der Waals surface area contributed by atoms with Gasteiger partial charge in [-0.1, -0.05) is 151 Å². The molecule has 0 radical (unpaired) electrons. The van der Waals surface area contributed by atoms with E-state index in [1.165, 1.54) is 110 Å². The van der Waals surface area contributed by atoms with Crippen LogP contribution in [-0.2, 0) is 42.2 Å². The molecule has 0 atom stereocenters. The van der Waals surface area contributed by atoms with Crippen molar-refractivity contribution in [1.29, 1.82) is 0 Å². The van der Waals surface area contributed by atoms with Gasteiger partial charge in [0.25, 0.3) is 0 Å². The van der Waals surface area contributed by atoms with Gasteiger partial charge in [-0.2, -0.15) is 11.4 Å². The molecule has 286 valence electrons. The SMILES string of the molecule is CCCCCCC1c2[n-]c(c(CC)c2CC)/C=C2\N=C(C(CC)=C2CC)C(CCCCI)C2=N/C(=C\c3[n-]c1c(CC)c3CC)C(CC)=C2CC.[Ni+2]. The molecule has 0 fully saturated rings. The first-order valence-corrected chi connectivity index (χ1v) is 22.4. The molecule has 0 amide bonds. The van der Waals surface area contributed by atoms with Crippen LogP contribution in [0, 0.1) is 5.92 Å². The summed E-state index contributed by atoms with van der Waals surface area (Å²) in [5.74, 6) is 0.389. The number of nitrogens with zero attached hydrogens (tertiary/aromatic N) is 4. The third-order valence-corrected chi connectivity index (χ3v) is 12.6. The number of aromatic nitrogens is 2. The molecule has 52 heavy (non-hydrogen) atoms. The Labute approximate surface area is 340 Å². The largest absolute Gasteiger partial charge is 2.00 e. The van der Waals surface area contributed by atoms with Gasteiger partial charge in [-0.3, -0.25) is 9.98 Å². The van der Waals surface area contributed by atoms with Crippen molar-refractivity contribution in [3.05, 3.63) is 78.7 Å². The van der Waals surface area contributed by atoms with E-state index in [-0.39, 0.29) is 28.3 Å². The number of rotatable bonds is 17. The van der Waals surface area contributed by atoms with Gasteiger partial charge >= 0.3 is 16.5 Å². The number of fused-ring (bicyclic) bond motifs is 6. The number of hydrogen-bond donors (Lipinski definition) is 0. The van der Waals surface area contributed by atoms with Gasteiger partial charge in [-0.25, -0.2) is 0 Å². The van der Waals surface area contributed by atoms with E-state index < -0.39 is 0 Å². The van der Waals surface area contributed by atoms with E-state index >= 15 is 0 Å². The first kappa shape index (κ1) is 42.8. The Morgan fingerprint density at radius 2 is 0.923 bits per heavy atom. The molecule has 3 aliphatic heterocycles. The van der Waals surface area contributed by atoms with E-state index in [1.807, 2.05) is 0 Å². The molecule has 0 spiro atoms. The van der Waals surface area contributed by atoms with Gasteiger partial charge in [0.05, 0.1) is 22.8 Å². The van der Waals surface area contributed by atoms with Crippen molar-refractivity contribution < 1.29 is 16.5 Å². The minimum absolute atomic E-state index is 0. The van der Waals surface area contributed by atoms with Crippen LogP contribution in [0.25, 0.3) is 12.2 Å². The van der Waals surface area contributed by atoms with E-state index in [0.717, 1.165) is 87.0 Å². The van der Waals surface area contributed by atoms with Crippen molar-refractivity contribution in [1.82, 2.24) is 9.97 Å². The van der Waals surface area contributed by atoms with Gasteiger partial charge < -0.3 is 9.97 Å². The Morgan fingerprint density at radius 3 is 1.31 bits per heavy atom. The van der Waals surface area contributed by atoms with Crippen molar-refractivity contribution in [3.8, 4) is 0 Å². The maximum atomic E-state index is 5.68. The molecule has 8 bridgehead atoms. The minimum atomic E-state index is 0. The third kappa shape index (κ3) is 8.34. The zero-order valence-electron chi connectivity index (χ0n) is 33.8. The molecular weight excluding hydrogens is 794 g/mol. The first-order chi connectivity index (χ1) is 24.9. The summed E-state index contributed by atoms with van der Waals surface area (Å²) < 4.78 is 1.18. The van der Waals surface area contributed by atoms with Crippen LogP contribution in [0.2, 0.25) is 0 Å². The van der Waals surface area contributed by atoms with Gasteiger partial charge in [0, 0.05) is 5.92 Å². The Hall–Kier alpha value is -1.92. The molecule has 3 aliphatic rings. The fraction of sp³-hybridized carbons (Fsp3) is 0.609. The molecule has 2 aromatic rings. The second-order valence-corrected chi connectivity index (χ2v) is 15.7.